The van der Waals surface area contributed by atoms with Crippen LogP contribution in [-0.2, 0) is 4.79 Å². The molecule has 1 aliphatic heterocycles. The number of aliphatic carboxylic acids is 1. The Balaban J connectivity index is 1.92. The molecular formula is C15H15F2NO3. The number of carbonyl (C=O) groups excluding carboxylic acids is 1. The summed E-state index contributed by atoms with van der Waals surface area (Å²) in [5.74, 6) is -4.19. The molecule has 1 amide bonds. The van der Waals surface area contributed by atoms with Gasteiger partial charge in [0.05, 0.1) is 0 Å². The summed E-state index contributed by atoms with van der Waals surface area (Å²) in [4.78, 5) is 25.3. The molecular weight excluding hydrogens is 280 g/mol. The zero-order valence-corrected chi connectivity index (χ0v) is 11.3. The molecule has 6 heteroatoms. The third kappa shape index (κ3) is 2.28. The van der Waals surface area contributed by atoms with Crippen molar-refractivity contribution in [1.29, 1.82) is 0 Å². The van der Waals surface area contributed by atoms with E-state index < -0.39 is 24.0 Å². The molecule has 1 unspecified atom stereocenters. The number of hydrogen-bond donors (Lipinski definition) is 1. The second kappa shape index (κ2) is 4.79. The lowest BCUT2D eigenvalue weighted by Crippen LogP contribution is -2.44. The number of hydrogen-bond acceptors (Lipinski definition) is 2. The largest absolute Gasteiger partial charge is 0.479 e. The van der Waals surface area contributed by atoms with Gasteiger partial charge in [-0.1, -0.05) is 18.2 Å². The number of carboxylic acids is 1. The maximum absolute atomic E-state index is 13.3. The molecule has 2 aliphatic rings. The first kappa shape index (κ1) is 14.0. The minimum absolute atomic E-state index is 0.135. The van der Waals surface area contributed by atoms with Crippen LogP contribution >= 0.6 is 0 Å². The Bertz CT molecular complexity index is 592. The van der Waals surface area contributed by atoms with Crippen molar-refractivity contribution < 1.29 is 23.5 Å². The SMILES string of the molecule is O=C(O)C1c2ccccc2C(=O)N1C1CCC(F)(F)CC1. The molecule has 4 nitrogen and oxygen atoms in total. The molecule has 1 heterocycles. The van der Waals surface area contributed by atoms with Crippen LogP contribution in [0.4, 0.5) is 8.78 Å². The fourth-order valence-electron chi connectivity index (χ4n) is 3.27. The molecule has 1 N–H and O–H groups in total. The Morgan fingerprint density at radius 1 is 1.24 bits per heavy atom. The van der Waals surface area contributed by atoms with Gasteiger partial charge in [0.25, 0.3) is 5.91 Å². The molecule has 1 fully saturated rings. The van der Waals surface area contributed by atoms with Gasteiger partial charge in [-0.2, -0.15) is 0 Å². The first-order valence-corrected chi connectivity index (χ1v) is 6.93. The molecule has 1 atom stereocenters. The van der Waals surface area contributed by atoms with Gasteiger partial charge < -0.3 is 10.0 Å². The molecule has 0 bridgehead atoms. The van der Waals surface area contributed by atoms with Gasteiger partial charge >= 0.3 is 5.97 Å². The summed E-state index contributed by atoms with van der Waals surface area (Å²) in [5, 5.41) is 9.44. The van der Waals surface area contributed by atoms with E-state index in [1.54, 1.807) is 24.3 Å². The second-order valence-corrected chi connectivity index (χ2v) is 5.63. The van der Waals surface area contributed by atoms with Crippen molar-refractivity contribution in [2.24, 2.45) is 0 Å². The molecule has 1 saturated carbocycles. The summed E-state index contributed by atoms with van der Waals surface area (Å²) >= 11 is 0. The van der Waals surface area contributed by atoms with Gasteiger partial charge in [0.1, 0.15) is 0 Å². The highest BCUT2D eigenvalue weighted by atomic mass is 19.3. The topological polar surface area (TPSA) is 57.6 Å². The molecule has 3 rings (SSSR count). The van der Waals surface area contributed by atoms with E-state index in [-0.39, 0.29) is 31.6 Å². The molecule has 1 aliphatic carbocycles. The number of benzene rings is 1. The van der Waals surface area contributed by atoms with Gasteiger partial charge in [-0.05, 0) is 24.5 Å². The van der Waals surface area contributed by atoms with Crippen LogP contribution in [0.5, 0.6) is 0 Å². The molecule has 0 spiro atoms. The third-order valence-electron chi connectivity index (χ3n) is 4.31. The summed E-state index contributed by atoms with van der Waals surface area (Å²) in [6, 6.07) is 5.06. The van der Waals surface area contributed by atoms with Crippen molar-refractivity contribution in [1.82, 2.24) is 4.90 Å². The fraction of sp³-hybridized carbons (Fsp3) is 0.467. The second-order valence-electron chi connectivity index (χ2n) is 5.63. The van der Waals surface area contributed by atoms with E-state index in [0.717, 1.165) is 0 Å². The Morgan fingerprint density at radius 3 is 2.48 bits per heavy atom. The van der Waals surface area contributed by atoms with Crippen LogP contribution in [0.1, 0.15) is 47.6 Å². The van der Waals surface area contributed by atoms with Crippen LogP contribution in [0.3, 0.4) is 0 Å². The van der Waals surface area contributed by atoms with Crippen LogP contribution in [0, 0.1) is 0 Å². The van der Waals surface area contributed by atoms with Gasteiger partial charge in [0.2, 0.25) is 5.92 Å². The van der Waals surface area contributed by atoms with E-state index in [1.807, 2.05) is 0 Å². The normalized spacial score (nSPS) is 25.0. The Labute approximate surface area is 120 Å². The lowest BCUT2D eigenvalue weighted by atomic mass is 9.90. The minimum atomic E-state index is -2.70. The van der Waals surface area contributed by atoms with Crippen molar-refractivity contribution >= 4 is 11.9 Å². The van der Waals surface area contributed by atoms with Crippen LogP contribution in [0.15, 0.2) is 24.3 Å². The van der Waals surface area contributed by atoms with Crippen LogP contribution in [0.2, 0.25) is 0 Å². The quantitative estimate of drug-likeness (QED) is 0.912. The van der Waals surface area contributed by atoms with Crippen molar-refractivity contribution in [2.45, 2.75) is 43.7 Å². The summed E-state index contributed by atoms with van der Waals surface area (Å²) < 4.78 is 26.5. The summed E-state index contributed by atoms with van der Waals surface area (Å²) in [6.07, 6.45) is -0.332. The van der Waals surface area contributed by atoms with E-state index in [2.05, 4.69) is 0 Å². The maximum atomic E-state index is 13.3. The highest BCUT2D eigenvalue weighted by Crippen LogP contribution is 2.42. The molecule has 1 aromatic rings. The number of halogens is 2. The van der Waals surface area contributed by atoms with Gasteiger partial charge in [0, 0.05) is 24.4 Å². The Morgan fingerprint density at radius 2 is 1.86 bits per heavy atom. The molecule has 21 heavy (non-hydrogen) atoms. The summed E-state index contributed by atoms with van der Waals surface area (Å²) in [7, 11) is 0. The Hall–Kier alpha value is -1.98. The molecule has 0 saturated heterocycles. The van der Waals surface area contributed by atoms with Gasteiger partial charge in [0.15, 0.2) is 6.04 Å². The van der Waals surface area contributed by atoms with Crippen molar-refractivity contribution in [3.63, 3.8) is 0 Å². The molecule has 1 aromatic carbocycles. The first-order chi connectivity index (χ1) is 9.91. The number of amides is 1. The van der Waals surface area contributed by atoms with E-state index in [1.165, 1.54) is 4.90 Å². The van der Waals surface area contributed by atoms with Crippen molar-refractivity contribution in [3.8, 4) is 0 Å². The van der Waals surface area contributed by atoms with Gasteiger partial charge in [-0.3, -0.25) is 4.79 Å². The lowest BCUT2D eigenvalue weighted by Gasteiger charge is -2.36. The van der Waals surface area contributed by atoms with Crippen LogP contribution < -0.4 is 0 Å². The predicted molar refractivity (Wildman–Crippen MR) is 70.2 cm³/mol. The van der Waals surface area contributed by atoms with E-state index >= 15 is 0 Å². The predicted octanol–water partition coefficient (Wildman–Crippen LogP) is 2.85. The van der Waals surface area contributed by atoms with Crippen LogP contribution in [0.25, 0.3) is 0 Å². The zero-order valence-electron chi connectivity index (χ0n) is 11.3. The highest BCUT2D eigenvalue weighted by molar-refractivity contribution is 6.03. The monoisotopic (exact) mass is 295 g/mol. The highest BCUT2D eigenvalue weighted by Gasteiger charge is 2.47. The number of fused-ring (bicyclic) bond motifs is 1. The molecule has 112 valence electrons. The number of carbonyl (C=O) groups is 2. The molecule has 0 aromatic heterocycles. The number of rotatable bonds is 2. The average molecular weight is 295 g/mol. The fourth-order valence-corrected chi connectivity index (χ4v) is 3.27. The third-order valence-corrected chi connectivity index (χ3v) is 4.31. The zero-order chi connectivity index (χ0) is 15.2. The minimum Gasteiger partial charge on any atom is -0.479 e. The van der Waals surface area contributed by atoms with E-state index in [4.69, 9.17) is 0 Å². The maximum Gasteiger partial charge on any atom is 0.331 e. The number of alkyl halides is 2. The average Bonchev–Trinajstić information content (AvgIpc) is 2.73. The standard InChI is InChI=1S/C15H15F2NO3/c16-15(17)7-5-9(6-8-15)18-12(14(20)21)10-3-1-2-4-11(10)13(18)19/h1-4,9,12H,5-8H2,(H,20,21). The number of nitrogens with zero attached hydrogens (tertiary/aromatic N) is 1. The smallest absolute Gasteiger partial charge is 0.331 e. The molecule has 0 radical (unpaired) electrons. The van der Waals surface area contributed by atoms with Crippen LogP contribution in [-0.4, -0.2) is 33.8 Å². The van der Waals surface area contributed by atoms with E-state index in [0.29, 0.717) is 11.1 Å². The Kier molecular flexibility index (Phi) is 3.19. The summed E-state index contributed by atoms with van der Waals surface area (Å²) in [5.41, 5.74) is 0.814. The van der Waals surface area contributed by atoms with Gasteiger partial charge in [-0.25, -0.2) is 13.6 Å². The summed E-state index contributed by atoms with van der Waals surface area (Å²) in [6.45, 7) is 0. The van der Waals surface area contributed by atoms with Gasteiger partial charge in [-0.15, -0.1) is 0 Å². The number of carboxylic acid groups (broad SMARTS) is 1. The lowest BCUT2D eigenvalue weighted by molar-refractivity contribution is -0.143. The van der Waals surface area contributed by atoms with E-state index in [9.17, 15) is 23.5 Å². The van der Waals surface area contributed by atoms with Crippen molar-refractivity contribution in [2.75, 3.05) is 0 Å². The first-order valence-electron chi connectivity index (χ1n) is 6.93. The van der Waals surface area contributed by atoms with Crippen molar-refractivity contribution in [3.05, 3.63) is 35.4 Å².